The van der Waals surface area contributed by atoms with Crippen LogP contribution in [0.15, 0.2) is 48.7 Å². The predicted octanol–water partition coefficient (Wildman–Crippen LogP) is 1.04. The quantitative estimate of drug-likeness (QED) is 0.843. The molecule has 5 heteroatoms. The monoisotopic (exact) mass is 269 g/mol. The smallest absolute Gasteiger partial charge is 0.272 e. The molecule has 0 saturated heterocycles. The van der Waals surface area contributed by atoms with Gasteiger partial charge in [0, 0.05) is 18.9 Å². The standard InChI is InChI=1S/C15H14N2O3/c1-17-9-3-6-13(17)15(20)16-12-5-2-4-11(10-12)7-8-14(18)19/h2-10H,1H3,(H,16,20)(H,18,19)/p-1/b8-7+. The van der Waals surface area contributed by atoms with Crippen LogP contribution in [0.4, 0.5) is 5.69 Å². The maximum Gasteiger partial charge on any atom is 0.272 e. The SMILES string of the molecule is Cn1cccc1C(=O)Nc1cccc(/C=C/C(=O)[O-])c1. The summed E-state index contributed by atoms with van der Waals surface area (Å²) >= 11 is 0. The predicted molar refractivity (Wildman–Crippen MR) is 73.8 cm³/mol. The second-order valence-electron chi connectivity index (χ2n) is 4.24. The van der Waals surface area contributed by atoms with Crippen LogP contribution in [0.1, 0.15) is 16.1 Å². The van der Waals surface area contributed by atoms with E-state index in [0.29, 0.717) is 16.9 Å². The third-order valence-electron chi connectivity index (χ3n) is 2.73. The van der Waals surface area contributed by atoms with Crippen LogP contribution in [0.2, 0.25) is 0 Å². The average Bonchev–Trinajstić information content (AvgIpc) is 2.83. The minimum absolute atomic E-state index is 0.224. The van der Waals surface area contributed by atoms with Crippen LogP contribution in [-0.4, -0.2) is 16.4 Å². The second-order valence-corrected chi connectivity index (χ2v) is 4.24. The lowest BCUT2D eigenvalue weighted by Gasteiger charge is -2.07. The van der Waals surface area contributed by atoms with Gasteiger partial charge < -0.3 is 19.8 Å². The van der Waals surface area contributed by atoms with Gasteiger partial charge in [0.15, 0.2) is 0 Å². The lowest BCUT2D eigenvalue weighted by atomic mass is 10.2. The molecule has 1 N–H and O–H groups in total. The molecule has 0 spiro atoms. The first kappa shape index (κ1) is 13.6. The summed E-state index contributed by atoms with van der Waals surface area (Å²) < 4.78 is 1.72. The summed E-state index contributed by atoms with van der Waals surface area (Å²) in [6, 6.07) is 10.4. The number of benzene rings is 1. The van der Waals surface area contributed by atoms with Crippen LogP contribution in [0.3, 0.4) is 0 Å². The van der Waals surface area contributed by atoms with Crippen molar-refractivity contribution >= 4 is 23.6 Å². The zero-order chi connectivity index (χ0) is 14.5. The van der Waals surface area contributed by atoms with Gasteiger partial charge in [0.2, 0.25) is 0 Å². The molecule has 0 atom stereocenters. The third kappa shape index (κ3) is 3.35. The van der Waals surface area contributed by atoms with Crippen LogP contribution >= 0.6 is 0 Å². The third-order valence-corrected chi connectivity index (χ3v) is 2.73. The molecule has 0 aliphatic carbocycles. The Balaban J connectivity index is 2.14. The number of hydrogen-bond donors (Lipinski definition) is 1. The van der Waals surface area contributed by atoms with Crippen molar-refractivity contribution in [2.45, 2.75) is 0 Å². The van der Waals surface area contributed by atoms with Crippen molar-refractivity contribution in [2.24, 2.45) is 7.05 Å². The molecule has 2 aromatic rings. The van der Waals surface area contributed by atoms with E-state index in [0.717, 1.165) is 6.08 Å². The minimum Gasteiger partial charge on any atom is -0.545 e. The van der Waals surface area contributed by atoms with E-state index in [-0.39, 0.29) is 5.91 Å². The van der Waals surface area contributed by atoms with E-state index in [2.05, 4.69) is 5.32 Å². The number of carboxylic acids is 1. The van der Waals surface area contributed by atoms with Crippen molar-refractivity contribution in [3.8, 4) is 0 Å². The molecule has 0 aliphatic rings. The number of aryl methyl sites for hydroxylation is 1. The Morgan fingerprint density at radius 1 is 1.25 bits per heavy atom. The van der Waals surface area contributed by atoms with Gasteiger partial charge in [-0.2, -0.15) is 0 Å². The topological polar surface area (TPSA) is 74.2 Å². The molecule has 0 unspecified atom stereocenters. The van der Waals surface area contributed by atoms with Crippen molar-refractivity contribution in [3.63, 3.8) is 0 Å². The Hall–Kier alpha value is -2.82. The molecule has 1 amide bonds. The summed E-state index contributed by atoms with van der Waals surface area (Å²) in [5.74, 6) is -1.48. The molecule has 0 bridgehead atoms. The van der Waals surface area contributed by atoms with Crippen LogP contribution in [0, 0.1) is 0 Å². The largest absolute Gasteiger partial charge is 0.545 e. The van der Waals surface area contributed by atoms with Gasteiger partial charge in [0.25, 0.3) is 5.91 Å². The second kappa shape index (κ2) is 5.88. The van der Waals surface area contributed by atoms with E-state index in [9.17, 15) is 14.7 Å². The molecule has 1 heterocycles. The zero-order valence-corrected chi connectivity index (χ0v) is 10.9. The highest BCUT2D eigenvalue weighted by atomic mass is 16.4. The highest BCUT2D eigenvalue weighted by Gasteiger charge is 2.08. The molecule has 0 radical (unpaired) electrons. The fourth-order valence-electron chi connectivity index (χ4n) is 1.78. The summed E-state index contributed by atoms with van der Waals surface area (Å²) in [4.78, 5) is 22.4. The molecule has 0 aliphatic heterocycles. The zero-order valence-electron chi connectivity index (χ0n) is 10.9. The van der Waals surface area contributed by atoms with Gasteiger partial charge in [0.1, 0.15) is 5.69 Å². The number of carboxylic acid groups (broad SMARTS) is 1. The first-order valence-electron chi connectivity index (χ1n) is 5.98. The van der Waals surface area contributed by atoms with E-state index in [1.807, 2.05) is 0 Å². The molecule has 5 nitrogen and oxygen atoms in total. The maximum absolute atomic E-state index is 12.0. The summed E-state index contributed by atoms with van der Waals surface area (Å²) in [6.45, 7) is 0. The normalized spacial score (nSPS) is 10.7. The first-order valence-corrected chi connectivity index (χ1v) is 5.98. The minimum atomic E-state index is -1.26. The van der Waals surface area contributed by atoms with Gasteiger partial charge in [-0.05, 0) is 35.9 Å². The molecular formula is C15H13N2O3-. The van der Waals surface area contributed by atoms with Crippen LogP contribution in [-0.2, 0) is 11.8 Å². The highest BCUT2D eigenvalue weighted by Crippen LogP contribution is 2.13. The van der Waals surface area contributed by atoms with Crippen molar-refractivity contribution in [1.82, 2.24) is 4.57 Å². The lowest BCUT2D eigenvalue weighted by Crippen LogP contribution is -2.18. The van der Waals surface area contributed by atoms with Crippen LogP contribution in [0.5, 0.6) is 0 Å². The Morgan fingerprint density at radius 3 is 2.70 bits per heavy atom. The number of carbonyl (C=O) groups excluding carboxylic acids is 2. The molecule has 1 aromatic heterocycles. The number of nitrogens with zero attached hydrogens (tertiary/aromatic N) is 1. The Bertz CT molecular complexity index is 671. The number of carbonyl (C=O) groups is 2. The van der Waals surface area contributed by atoms with Gasteiger partial charge in [-0.15, -0.1) is 0 Å². The van der Waals surface area contributed by atoms with E-state index < -0.39 is 5.97 Å². The lowest BCUT2D eigenvalue weighted by molar-refractivity contribution is -0.297. The number of hydrogen-bond acceptors (Lipinski definition) is 3. The number of aliphatic carboxylic acids is 1. The van der Waals surface area contributed by atoms with Gasteiger partial charge >= 0.3 is 0 Å². The Morgan fingerprint density at radius 2 is 2.05 bits per heavy atom. The number of amides is 1. The van der Waals surface area contributed by atoms with Crippen molar-refractivity contribution in [3.05, 3.63) is 59.9 Å². The van der Waals surface area contributed by atoms with Crippen LogP contribution < -0.4 is 10.4 Å². The first-order chi connectivity index (χ1) is 9.56. The van der Waals surface area contributed by atoms with Crippen molar-refractivity contribution in [2.75, 3.05) is 5.32 Å². The average molecular weight is 269 g/mol. The number of anilines is 1. The Labute approximate surface area is 116 Å². The maximum atomic E-state index is 12.0. The molecule has 2 rings (SSSR count). The van der Waals surface area contributed by atoms with Crippen molar-refractivity contribution in [1.29, 1.82) is 0 Å². The molecule has 0 fully saturated rings. The van der Waals surface area contributed by atoms with E-state index in [1.165, 1.54) is 6.08 Å². The highest BCUT2D eigenvalue weighted by molar-refractivity contribution is 6.03. The molecule has 0 saturated carbocycles. The van der Waals surface area contributed by atoms with E-state index in [1.54, 1.807) is 54.2 Å². The van der Waals surface area contributed by atoms with Crippen LogP contribution in [0.25, 0.3) is 6.08 Å². The van der Waals surface area contributed by atoms with E-state index >= 15 is 0 Å². The van der Waals surface area contributed by atoms with Gasteiger partial charge in [0.05, 0.1) is 5.97 Å². The van der Waals surface area contributed by atoms with Gasteiger partial charge in [-0.3, -0.25) is 4.79 Å². The van der Waals surface area contributed by atoms with E-state index in [4.69, 9.17) is 0 Å². The van der Waals surface area contributed by atoms with Gasteiger partial charge in [-0.1, -0.05) is 18.2 Å². The summed E-state index contributed by atoms with van der Waals surface area (Å²) in [5, 5.41) is 13.1. The number of nitrogens with one attached hydrogen (secondary N) is 1. The van der Waals surface area contributed by atoms with Crippen molar-refractivity contribution < 1.29 is 14.7 Å². The molecule has 20 heavy (non-hydrogen) atoms. The fraction of sp³-hybridized carbons (Fsp3) is 0.0667. The summed E-state index contributed by atoms with van der Waals surface area (Å²) in [5.41, 5.74) is 1.80. The summed E-state index contributed by atoms with van der Waals surface area (Å²) in [6.07, 6.45) is 4.14. The number of rotatable bonds is 4. The molecule has 1 aromatic carbocycles. The number of aromatic nitrogens is 1. The Kier molecular flexibility index (Phi) is 4.00. The fourth-order valence-corrected chi connectivity index (χ4v) is 1.78. The molecular weight excluding hydrogens is 256 g/mol. The van der Waals surface area contributed by atoms with Gasteiger partial charge in [-0.25, -0.2) is 0 Å². The summed E-state index contributed by atoms with van der Waals surface area (Å²) in [7, 11) is 1.79. The molecule has 102 valence electrons.